The molecule has 5 nitrogen and oxygen atoms in total. The molecule has 1 N–H and O–H groups in total. The smallest absolute Gasteiger partial charge is 0.226 e. The van der Waals surface area contributed by atoms with Gasteiger partial charge in [-0.3, -0.25) is 9.48 Å². The van der Waals surface area contributed by atoms with Gasteiger partial charge < -0.3 is 10.1 Å². The van der Waals surface area contributed by atoms with Crippen molar-refractivity contribution in [2.75, 3.05) is 0 Å². The number of aryl methyl sites for hydroxylation is 1. The van der Waals surface area contributed by atoms with Crippen molar-refractivity contribution in [2.45, 2.75) is 58.4 Å². The van der Waals surface area contributed by atoms with Crippen LogP contribution in [0.4, 0.5) is 0 Å². The molecule has 0 bridgehead atoms. The Hall–Kier alpha value is -1.36. The van der Waals surface area contributed by atoms with Crippen LogP contribution in [0.15, 0.2) is 12.3 Å². The maximum atomic E-state index is 12.6. The molecule has 2 aliphatic heterocycles. The fourth-order valence-corrected chi connectivity index (χ4v) is 3.55. The highest BCUT2D eigenvalue weighted by Crippen LogP contribution is 2.33. The van der Waals surface area contributed by atoms with E-state index >= 15 is 0 Å². The van der Waals surface area contributed by atoms with Crippen molar-refractivity contribution in [1.82, 2.24) is 15.1 Å². The third-order valence-corrected chi connectivity index (χ3v) is 4.83. The van der Waals surface area contributed by atoms with Crippen LogP contribution in [0, 0.1) is 11.8 Å². The SMILES string of the molecule is CC1OC(C)C(C(=O)NC2CCCn3nccc32)C1C. The summed E-state index contributed by atoms with van der Waals surface area (Å²) in [5.74, 6) is 0.329. The van der Waals surface area contributed by atoms with Crippen molar-refractivity contribution in [3.05, 3.63) is 18.0 Å². The fraction of sp³-hybridized carbons (Fsp3) is 0.733. The number of aromatic nitrogens is 2. The number of hydrogen-bond donors (Lipinski definition) is 1. The molecule has 1 saturated heterocycles. The summed E-state index contributed by atoms with van der Waals surface area (Å²) >= 11 is 0. The van der Waals surface area contributed by atoms with E-state index in [1.807, 2.05) is 30.8 Å². The van der Waals surface area contributed by atoms with Crippen molar-refractivity contribution in [3.8, 4) is 0 Å². The molecule has 5 atom stereocenters. The van der Waals surface area contributed by atoms with Gasteiger partial charge in [-0.2, -0.15) is 5.10 Å². The predicted octanol–water partition coefficient (Wildman–Crippen LogP) is 1.89. The number of ether oxygens (including phenoxy) is 1. The Morgan fingerprint density at radius 3 is 2.90 bits per heavy atom. The Morgan fingerprint density at radius 1 is 1.40 bits per heavy atom. The van der Waals surface area contributed by atoms with Crippen molar-refractivity contribution < 1.29 is 9.53 Å². The van der Waals surface area contributed by atoms with Gasteiger partial charge in [0.2, 0.25) is 5.91 Å². The molecular formula is C15H23N3O2. The fourth-order valence-electron chi connectivity index (χ4n) is 3.55. The zero-order valence-corrected chi connectivity index (χ0v) is 12.4. The van der Waals surface area contributed by atoms with Crippen molar-refractivity contribution in [2.24, 2.45) is 11.8 Å². The van der Waals surface area contributed by atoms with E-state index in [0.29, 0.717) is 0 Å². The number of carbonyl (C=O) groups is 1. The van der Waals surface area contributed by atoms with Gasteiger partial charge in [0.25, 0.3) is 0 Å². The molecule has 1 aromatic rings. The van der Waals surface area contributed by atoms with Crippen LogP contribution in [0.2, 0.25) is 0 Å². The number of carbonyl (C=O) groups excluding carboxylic acids is 1. The van der Waals surface area contributed by atoms with Gasteiger partial charge in [-0.1, -0.05) is 6.92 Å². The van der Waals surface area contributed by atoms with E-state index < -0.39 is 0 Å². The molecule has 3 rings (SSSR count). The van der Waals surface area contributed by atoms with Gasteiger partial charge in [0, 0.05) is 12.7 Å². The lowest BCUT2D eigenvalue weighted by atomic mass is 9.88. The molecule has 0 aromatic carbocycles. The largest absolute Gasteiger partial charge is 0.374 e. The van der Waals surface area contributed by atoms with E-state index in [-0.39, 0.29) is 36.0 Å². The van der Waals surface area contributed by atoms with Gasteiger partial charge >= 0.3 is 0 Å². The minimum atomic E-state index is -0.0525. The summed E-state index contributed by atoms with van der Waals surface area (Å²) in [4.78, 5) is 12.6. The number of nitrogens with one attached hydrogen (secondary N) is 1. The summed E-state index contributed by atoms with van der Waals surface area (Å²) in [5, 5.41) is 7.50. The van der Waals surface area contributed by atoms with Gasteiger partial charge in [0.1, 0.15) is 0 Å². The lowest BCUT2D eigenvalue weighted by molar-refractivity contribution is -0.128. The van der Waals surface area contributed by atoms with E-state index in [1.165, 1.54) is 0 Å². The van der Waals surface area contributed by atoms with E-state index in [0.717, 1.165) is 25.1 Å². The Balaban J connectivity index is 1.72. The zero-order chi connectivity index (χ0) is 14.3. The topological polar surface area (TPSA) is 56.1 Å². The highest BCUT2D eigenvalue weighted by atomic mass is 16.5. The second-order valence-electron chi connectivity index (χ2n) is 6.11. The Bertz CT molecular complexity index is 499. The summed E-state index contributed by atoms with van der Waals surface area (Å²) < 4.78 is 7.77. The molecule has 110 valence electrons. The van der Waals surface area contributed by atoms with Crippen molar-refractivity contribution >= 4 is 5.91 Å². The minimum Gasteiger partial charge on any atom is -0.374 e. The van der Waals surface area contributed by atoms with E-state index in [1.54, 1.807) is 0 Å². The molecular weight excluding hydrogens is 254 g/mol. The molecule has 1 fully saturated rings. The number of fused-ring (bicyclic) bond motifs is 1. The summed E-state index contributed by atoms with van der Waals surface area (Å²) in [6, 6.07) is 2.10. The van der Waals surface area contributed by atoms with Crippen LogP contribution in [0.3, 0.4) is 0 Å². The number of amides is 1. The first kappa shape index (κ1) is 13.6. The van der Waals surface area contributed by atoms with Crippen molar-refractivity contribution in [1.29, 1.82) is 0 Å². The first-order chi connectivity index (χ1) is 9.58. The average molecular weight is 277 g/mol. The quantitative estimate of drug-likeness (QED) is 0.898. The lowest BCUT2D eigenvalue weighted by Gasteiger charge is -2.27. The molecule has 20 heavy (non-hydrogen) atoms. The van der Waals surface area contributed by atoms with Crippen LogP contribution >= 0.6 is 0 Å². The first-order valence-electron chi connectivity index (χ1n) is 7.55. The molecule has 0 saturated carbocycles. The van der Waals surface area contributed by atoms with Gasteiger partial charge in [0.15, 0.2) is 0 Å². The molecule has 5 heteroatoms. The van der Waals surface area contributed by atoms with E-state index in [4.69, 9.17) is 4.74 Å². The lowest BCUT2D eigenvalue weighted by Crippen LogP contribution is -2.40. The van der Waals surface area contributed by atoms with Crippen molar-refractivity contribution in [3.63, 3.8) is 0 Å². The predicted molar refractivity (Wildman–Crippen MR) is 75.0 cm³/mol. The monoisotopic (exact) mass is 277 g/mol. The number of hydrogen-bond acceptors (Lipinski definition) is 3. The third kappa shape index (κ3) is 2.24. The molecule has 0 aliphatic carbocycles. The summed E-state index contributed by atoms with van der Waals surface area (Å²) in [7, 11) is 0. The van der Waals surface area contributed by atoms with Crippen LogP contribution in [0.25, 0.3) is 0 Å². The second-order valence-corrected chi connectivity index (χ2v) is 6.11. The number of rotatable bonds is 2. The molecule has 1 amide bonds. The first-order valence-corrected chi connectivity index (χ1v) is 7.55. The van der Waals surface area contributed by atoms with E-state index in [9.17, 15) is 4.79 Å². The van der Waals surface area contributed by atoms with E-state index in [2.05, 4.69) is 17.3 Å². The Kier molecular flexibility index (Phi) is 3.54. The minimum absolute atomic E-state index is 0.00602. The van der Waals surface area contributed by atoms with Gasteiger partial charge in [-0.05, 0) is 38.7 Å². The Labute approximate surface area is 119 Å². The van der Waals surface area contributed by atoms with Crippen LogP contribution in [-0.2, 0) is 16.1 Å². The molecule has 0 radical (unpaired) electrons. The average Bonchev–Trinajstić information content (AvgIpc) is 2.96. The normalized spacial score (nSPS) is 36.6. The summed E-state index contributed by atoms with van der Waals surface area (Å²) in [6.07, 6.45) is 4.00. The summed E-state index contributed by atoms with van der Waals surface area (Å²) in [5.41, 5.74) is 1.12. The van der Waals surface area contributed by atoms with Crippen LogP contribution in [-0.4, -0.2) is 27.9 Å². The highest BCUT2D eigenvalue weighted by molar-refractivity contribution is 5.80. The van der Waals surface area contributed by atoms with Crippen LogP contribution in [0.5, 0.6) is 0 Å². The molecule has 3 heterocycles. The molecule has 5 unspecified atom stereocenters. The molecule has 0 spiro atoms. The van der Waals surface area contributed by atoms with Gasteiger partial charge in [0.05, 0.1) is 29.9 Å². The zero-order valence-electron chi connectivity index (χ0n) is 12.4. The number of nitrogens with zero attached hydrogens (tertiary/aromatic N) is 2. The molecule has 1 aromatic heterocycles. The Morgan fingerprint density at radius 2 is 2.20 bits per heavy atom. The maximum absolute atomic E-state index is 12.6. The second kappa shape index (κ2) is 5.20. The van der Waals surface area contributed by atoms with Gasteiger partial charge in [-0.25, -0.2) is 0 Å². The van der Waals surface area contributed by atoms with Gasteiger partial charge in [-0.15, -0.1) is 0 Å². The standard InChI is InChI=1S/C15H23N3O2/c1-9-10(2)20-11(3)14(9)15(19)17-12-5-4-8-18-13(12)6-7-16-18/h6-7,9-12,14H,4-5,8H2,1-3H3,(H,17,19). The van der Waals surface area contributed by atoms with Crippen LogP contribution < -0.4 is 5.32 Å². The highest BCUT2D eigenvalue weighted by Gasteiger charge is 2.42. The third-order valence-electron chi connectivity index (χ3n) is 4.83. The summed E-state index contributed by atoms with van der Waals surface area (Å²) in [6.45, 7) is 7.09. The van der Waals surface area contributed by atoms with Crippen LogP contribution in [0.1, 0.15) is 45.3 Å². The maximum Gasteiger partial charge on any atom is 0.226 e. The molecule has 2 aliphatic rings.